The van der Waals surface area contributed by atoms with Gasteiger partial charge in [-0.25, -0.2) is 4.98 Å². The lowest BCUT2D eigenvalue weighted by atomic mass is 10.1. The summed E-state index contributed by atoms with van der Waals surface area (Å²) in [5, 5.41) is 24.9. The normalized spacial score (nSPS) is 15.0. The van der Waals surface area contributed by atoms with Crippen LogP contribution in [0.2, 0.25) is 0 Å². The number of anilines is 3. The van der Waals surface area contributed by atoms with Crippen molar-refractivity contribution in [1.29, 1.82) is 5.26 Å². The Balaban J connectivity index is 1.38. The van der Waals surface area contributed by atoms with Gasteiger partial charge >= 0.3 is 0 Å². The molecule has 0 aliphatic carbocycles. The molecule has 1 atom stereocenters. The first-order valence-electron chi connectivity index (χ1n) is 12.0. The Labute approximate surface area is 205 Å². The molecule has 1 aliphatic heterocycles. The summed E-state index contributed by atoms with van der Waals surface area (Å²) in [6.07, 6.45) is 3.71. The highest BCUT2D eigenvalue weighted by Crippen LogP contribution is 2.23. The monoisotopic (exact) mass is 470 g/mol. The molecule has 0 spiro atoms. The van der Waals surface area contributed by atoms with Crippen molar-refractivity contribution in [3.05, 3.63) is 71.4 Å². The molecule has 3 aromatic rings. The summed E-state index contributed by atoms with van der Waals surface area (Å²) in [6, 6.07) is 18.4. The number of rotatable bonds is 9. The molecule has 0 radical (unpaired) electrons. The largest absolute Gasteiger partial charge is 0.508 e. The highest BCUT2D eigenvalue weighted by molar-refractivity contribution is 5.76. The SMILES string of the molecule is CCCc1cc(N2CC[C@H](NC(=O)CCc3ccc(O)cc3)C2)nc(Nc2cccc(C#N)c2)n1. The molecule has 1 saturated heterocycles. The Kier molecular flexibility index (Phi) is 7.78. The average Bonchev–Trinajstić information content (AvgIpc) is 3.32. The highest BCUT2D eigenvalue weighted by Gasteiger charge is 2.25. The van der Waals surface area contributed by atoms with E-state index in [-0.39, 0.29) is 17.7 Å². The predicted molar refractivity (Wildman–Crippen MR) is 136 cm³/mol. The highest BCUT2D eigenvalue weighted by atomic mass is 16.3. The number of aromatic hydroxyl groups is 1. The van der Waals surface area contributed by atoms with E-state index in [1.807, 2.05) is 30.3 Å². The van der Waals surface area contributed by atoms with Gasteiger partial charge in [-0.3, -0.25) is 4.79 Å². The van der Waals surface area contributed by atoms with E-state index in [0.29, 0.717) is 30.9 Å². The van der Waals surface area contributed by atoms with Crippen molar-refractivity contribution in [2.24, 2.45) is 0 Å². The second kappa shape index (κ2) is 11.3. The van der Waals surface area contributed by atoms with Crippen molar-refractivity contribution in [3.8, 4) is 11.8 Å². The molecule has 35 heavy (non-hydrogen) atoms. The summed E-state index contributed by atoms with van der Waals surface area (Å²) in [5.41, 5.74) is 3.32. The van der Waals surface area contributed by atoms with E-state index in [1.165, 1.54) is 0 Å². The van der Waals surface area contributed by atoms with Crippen LogP contribution in [0.25, 0.3) is 0 Å². The number of nitriles is 1. The molecule has 1 fully saturated rings. The molecule has 8 heteroatoms. The number of carbonyl (C=O) groups is 1. The standard InChI is InChI=1S/C27H30N6O2/c1-2-4-21-16-25(32-27(30-21)31-22-6-3-5-20(15-22)17-28)33-14-13-23(18-33)29-26(35)12-9-19-7-10-24(34)11-8-19/h3,5-8,10-11,15-16,23,34H,2,4,9,12-14,18H2,1H3,(H,29,35)(H,30,31,32)/t23-/m0/s1. The van der Waals surface area contributed by atoms with Crippen LogP contribution < -0.4 is 15.5 Å². The first kappa shape index (κ1) is 24.0. The molecule has 0 unspecified atom stereocenters. The fraction of sp³-hybridized carbons (Fsp3) is 0.333. The van der Waals surface area contributed by atoms with E-state index in [2.05, 4.69) is 33.5 Å². The summed E-state index contributed by atoms with van der Waals surface area (Å²) in [5.74, 6) is 1.59. The van der Waals surface area contributed by atoms with Crippen LogP contribution in [0, 0.1) is 11.3 Å². The lowest BCUT2D eigenvalue weighted by Gasteiger charge is -2.20. The third-order valence-electron chi connectivity index (χ3n) is 5.97. The van der Waals surface area contributed by atoms with Gasteiger partial charge in [-0.05, 0) is 55.2 Å². The minimum absolute atomic E-state index is 0.0269. The smallest absolute Gasteiger partial charge is 0.229 e. The van der Waals surface area contributed by atoms with Crippen LogP contribution in [0.3, 0.4) is 0 Å². The molecule has 0 saturated carbocycles. The molecular weight excluding hydrogens is 440 g/mol. The van der Waals surface area contributed by atoms with Crippen molar-refractivity contribution in [3.63, 3.8) is 0 Å². The van der Waals surface area contributed by atoms with Crippen molar-refractivity contribution < 1.29 is 9.90 Å². The second-order valence-corrected chi connectivity index (χ2v) is 8.77. The third-order valence-corrected chi connectivity index (χ3v) is 5.97. The number of nitrogens with one attached hydrogen (secondary N) is 2. The fourth-order valence-corrected chi connectivity index (χ4v) is 4.19. The molecule has 3 N–H and O–H groups in total. The Morgan fingerprint density at radius 2 is 2.00 bits per heavy atom. The van der Waals surface area contributed by atoms with Crippen LogP contribution in [-0.2, 0) is 17.6 Å². The molecule has 0 bridgehead atoms. The third kappa shape index (κ3) is 6.70. The first-order valence-corrected chi connectivity index (χ1v) is 12.0. The maximum absolute atomic E-state index is 12.5. The molecule has 1 amide bonds. The number of nitrogens with zero attached hydrogens (tertiary/aromatic N) is 4. The number of aromatic nitrogens is 2. The summed E-state index contributed by atoms with van der Waals surface area (Å²) >= 11 is 0. The van der Waals surface area contributed by atoms with Crippen molar-refractivity contribution in [2.45, 2.75) is 45.1 Å². The lowest BCUT2D eigenvalue weighted by Crippen LogP contribution is -2.37. The van der Waals surface area contributed by atoms with Crippen LogP contribution in [0.4, 0.5) is 17.5 Å². The lowest BCUT2D eigenvalue weighted by molar-refractivity contribution is -0.121. The van der Waals surface area contributed by atoms with Gasteiger partial charge in [0.1, 0.15) is 11.6 Å². The topological polar surface area (TPSA) is 114 Å². The maximum atomic E-state index is 12.5. The molecule has 2 heterocycles. The summed E-state index contributed by atoms with van der Waals surface area (Å²) in [4.78, 5) is 24.1. The van der Waals surface area contributed by atoms with E-state index >= 15 is 0 Å². The van der Waals surface area contributed by atoms with Crippen molar-refractivity contribution in [1.82, 2.24) is 15.3 Å². The molecule has 1 aromatic heterocycles. The number of hydrogen-bond donors (Lipinski definition) is 3. The van der Waals surface area contributed by atoms with Crippen molar-refractivity contribution >= 4 is 23.4 Å². The molecular formula is C27H30N6O2. The van der Waals surface area contributed by atoms with Gasteiger partial charge in [-0.15, -0.1) is 0 Å². The zero-order valence-corrected chi connectivity index (χ0v) is 19.9. The summed E-state index contributed by atoms with van der Waals surface area (Å²) in [7, 11) is 0. The maximum Gasteiger partial charge on any atom is 0.229 e. The minimum atomic E-state index is 0.0269. The number of carbonyl (C=O) groups excluding carboxylic acids is 1. The van der Waals surface area contributed by atoms with E-state index < -0.39 is 0 Å². The Morgan fingerprint density at radius 1 is 1.17 bits per heavy atom. The Bertz CT molecular complexity index is 1210. The van der Waals surface area contributed by atoms with Crippen LogP contribution in [0.1, 0.15) is 43.0 Å². The van der Waals surface area contributed by atoms with Gasteiger partial charge in [-0.2, -0.15) is 10.2 Å². The number of phenols is 1. The predicted octanol–water partition coefficient (Wildman–Crippen LogP) is 4.08. The van der Waals surface area contributed by atoms with Gasteiger partial charge < -0.3 is 20.6 Å². The summed E-state index contributed by atoms with van der Waals surface area (Å²) in [6.45, 7) is 3.61. The van der Waals surface area contributed by atoms with E-state index in [1.54, 1.807) is 24.3 Å². The molecule has 8 nitrogen and oxygen atoms in total. The molecule has 1 aliphatic rings. The van der Waals surface area contributed by atoms with Crippen molar-refractivity contribution in [2.75, 3.05) is 23.3 Å². The quantitative estimate of drug-likeness (QED) is 0.432. The van der Waals surface area contributed by atoms with Crippen LogP contribution in [0.15, 0.2) is 54.6 Å². The number of phenolic OH excluding ortho intramolecular Hbond substituents is 1. The number of aryl methyl sites for hydroxylation is 2. The van der Waals surface area contributed by atoms with Crippen LogP contribution in [-0.4, -0.2) is 40.1 Å². The van der Waals surface area contributed by atoms with Gasteiger partial charge in [0, 0.05) is 43.0 Å². The fourth-order valence-electron chi connectivity index (χ4n) is 4.19. The minimum Gasteiger partial charge on any atom is -0.508 e. The number of amides is 1. The average molecular weight is 471 g/mol. The Hall–Kier alpha value is -4.12. The van der Waals surface area contributed by atoms with Crippen LogP contribution in [0.5, 0.6) is 5.75 Å². The van der Waals surface area contributed by atoms with Gasteiger partial charge in [0.2, 0.25) is 11.9 Å². The van der Waals surface area contributed by atoms with Gasteiger partial charge in [0.15, 0.2) is 0 Å². The number of hydrogen-bond acceptors (Lipinski definition) is 7. The molecule has 180 valence electrons. The van der Waals surface area contributed by atoms with Gasteiger partial charge in [0.05, 0.1) is 11.6 Å². The van der Waals surface area contributed by atoms with Gasteiger partial charge in [0.25, 0.3) is 0 Å². The second-order valence-electron chi connectivity index (χ2n) is 8.77. The zero-order chi connectivity index (χ0) is 24.6. The molecule has 4 rings (SSSR count). The first-order chi connectivity index (χ1) is 17.0. The summed E-state index contributed by atoms with van der Waals surface area (Å²) < 4.78 is 0. The molecule has 2 aromatic carbocycles. The number of benzene rings is 2. The van der Waals surface area contributed by atoms with Gasteiger partial charge in [-0.1, -0.05) is 31.5 Å². The van der Waals surface area contributed by atoms with E-state index in [4.69, 9.17) is 10.2 Å². The Morgan fingerprint density at radius 3 is 2.77 bits per heavy atom. The zero-order valence-electron chi connectivity index (χ0n) is 19.9. The van der Waals surface area contributed by atoms with E-state index in [9.17, 15) is 9.90 Å². The van der Waals surface area contributed by atoms with E-state index in [0.717, 1.165) is 48.6 Å². The van der Waals surface area contributed by atoms with Crippen LogP contribution >= 0.6 is 0 Å².